The SMILES string of the molecule is COc1ccc(NC(=O)c2ccc(=O)n(CC(=O)Nc3nccs3)n2)cc1. The lowest BCUT2D eigenvalue weighted by Crippen LogP contribution is -2.31. The Morgan fingerprint density at radius 1 is 1.15 bits per heavy atom. The molecule has 0 spiro atoms. The summed E-state index contributed by atoms with van der Waals surface area (Å²) in [5, 5.41) is 11.3. The van der Waals surface area contributed by atoms with Gasteiger partial charge < -0.3 is 15.4 Å². The first kappa shape index (κ1) is 18.3. The van der Waals surface area contributed by atoms with Gasteiger partial charge in [0.05, 0.1) is 7.11 Å². The number of carbonyl (C=O) groups excluding carboxylic acids is 2. The number of aromatic nitrogens is 3. The van der Waals surface area contributed by atoms with Gasteiger partial charge >= 0.3 is 0 Å². The minimum atomic E-state index is -0.505. The predicted molar refractivity (Wildman–Crippen MR) is 100 cm³/mol. The fourth-order valence-corrected chi connectivity index (χ4v) is 2.68. The molecule has 2 amide bonds. The normalized spacial score (nSPS) is 10.3. The van der Waals surface area contributed by atoms with E-state index in [9.17, 15) is 14.4 Å². The van der Waals surface area contributed by atoms with Crippen molar-refractivity contribution in [3.05, 3.63) is 64.0 Å². The summed E-state index contributed by atoms with van der Waals surface area (Å²) in [6.07, 6.45) is 1.55. The van der Waals surface area contributed by atoms with Crippen LogP contribution in [0.3, 0.4) is 0 Å². The average molecular weight is 385 g/mol. The van der Waals surface area contributed by atoms with Gasteiger partial charge in [0, 0.05) is 23.3 Å². The monoisotopic (exact) mass is 385 g/mol. The first-order valence-electron chi connectivity index (χ1n) is 7.78. The van der Waals surface area contributed by atoms with E-state index in [-0.39, 0.29) is 12.2 Å². The smallest absolute Gasteiger partial charge is 0.276 e. The molecule has 0 aliphatic rings. The summed E-state index contributed by atoms with van der Waals surface area (Å²) in [5.41, 5.74) is 0.0552. The van der Waals surface area contributed by atoms with Gasteiger partial charge in [0.2, 0.25) is 5.91 Å². The molecule has 0 saturated carbocycles. The van der Waals surface area contributed by atoms with Crippen molar-refractivity contribution in [1.82, 2.24) is 14.8 Å². The van der Waals surface area contributed by atoms with E-state index in [1.54, 1.807) is 43.0 Å². The number of hydrogen-bond acceptors (Lipinski definition) is 7. The Hall–Kier alpha value is -3.53. The highest BCUT2D eigenvalue weighted by Crippen LogP contribution is 2.15. The number of rotatable bonds is 6. The Balaban J connectivity index is 1.70. The second-order valence-electron chi connectivity index (χ2n) is 5.28. The summed E-state index contributed by atoms with van der Waals surface area (Å²) in [5.74, 6) is -0.313. The standard InChI is InChI=1S/C17H15N5O4S/c1-26-12-4-2-11(3-5-12)19-16(25)13-6-7-15(24)22(21-13)10-14(23)20-17-18-8-9-27-17/h2-9H,10H2,1H3,(H,19,25)(H,18,20,23). The van der Waals surface area contributed by atoms with Crippen molar-refractivity contribution >= 4 is 34.0 Å². The van der Waals surface area contributed by atoms with Crippen molar-refractivity contribution in [2.24, 2.45) is 0 Å². The molecular formula is C17H15N5O4S. The number of anilines is 2. The van der Waals surface area contributed by atoms with E-state index < -0.39 is 17.4 Å². The molecule has 0 bridgehead atoms. The van der Waals surface area contributed by atoms with Crippen LogP contribution in [0.2, 0.25) is 0 Å². The van der Waals surface area contributed by atoms with Crippen LogP contribution in [0.1, 0.15) is 10.5 Å². The molecule has 9 nitrogen and oxygen atoms in total. The number of nitrogens with zero attached hydrogens (tertiary/aromatic N) is 3. The zero-order valence-corrected chi connectivity index (χ0v) is 15.0. The lowest BCUT2D eigenvalue weighted by Gasteiger charge is -2.08. The van der Waals surface area contributed by atoms with Crippen molar-refractivity contribution in [1.29, 1.82) is 0 Å². The van der Waals surface area contributed by atoms with Crippen LogP contribution < -0.4 is 20.9 Å². The summed E-state index contributed by atoms with van der Waals surface area (Å²) >= 11 is 1.25. The number of methoxy groups -OCH3 is 1. The van der Waals surface area contributed by atoms with Crippen molar-refractivity contribution in [2.75, 3.05) is 17.7 Å². The van der Waals surface area contributed by atoms with Gasteiger partial charge in [0.15, 0.2) is 5.13 Å². The lowest BCUT2D eigenvalue weighted by molar-refractivity contribution is -0.117. The molecule has 0 atom stereocenters. The van der Waals surface area contributed by atoms with Gasteiger partial charge in [-0.2, -0.15) is 5.10 Å². The molecule has 3 aromatic rings. The van der Waals surface area contributed by atoms with Gasteiger partial charge in [-0.1, -0.05) is 0 Å². The molecule has 0 aliphatic heterocycles. The molecule has 10 heteroatoms. The fraction of sp³-hybridized carbons (Fsp3) is 0.118. The second-order valence-corrected chi connectivity index (χ2v) is 6.18. The highest BCUT2D eigenvalue weighted by molar-refractivity contribution is 7.13. The number of nitrogens with one attached hydrogen (secondary N) is 2. The van der Waals surface area contributed by atoms with Crippen LogP contribution in [-0.2, 0) is 11.3 Å². The molecule has 2 N–H and O–H groups in total. The first-order valence-corrected chi connectivity index (χ1v) is 8.66. The topological polar surface area (TPSA) is 115 Å². The third-order valence-electron chi connectivity index (χ3n) is 3.42. The first-order chi connectivity index (χ1) is 13.0. The molecule has 2 heterocycles. The Morgan fingerprint density at radius 2 is 1.93 bits per heavy atom. The average Bonchev–Trinajstić information content (AvgIpc) is 3.17. The number of thiazole rings is 1. The maximum Gasteiger partial charge on any atom is 0.276 e. The van der Waals surface area contributed by atoms with Crippen LogP contribution in [0.15, 0.2) is 52.8 Å². The number of amides is 2. The van der Waals surface area contributed by atoms with Crippen LogP contribution in [0.4, 0.5) is 10.8 Å². The van der Waals surface area contributed by atoms with Gasteiger partial charge in [0.1, 0.15) is 18.0 Å². The van der Waals surface area contributed by atoms with Crippen molar-refractivity contribution in [3.8, 4) is 5.75 Å². The van der Waals surface area contributed by atoms with Crippen LogP contribution >= 0.6 is 11.3 Å². The Labute approximate surface area is 157 Å². The van der Waals surface area contributed by atoms with Crippen LogP contribution in [0, 0.1) is 0 Å². The van der Waals surface area contributed by atoms with E-state index in [1.807, 2.05) is 0 Å². The summed E-state index contributed by atoms with van der Waals surface area (Å²) in [4.78, 5) is 40.2. The van der Waals surface area contributed by atoms with Gasteiger partial charge in [-0.15, -0.1) is 11.3 Å². The van der Waals surface area contributed by atoms with E-state index in [0.29, 0.717) is 16.6 Å². The summed E-state index contributed by atoms with van der Waals surface area (Å²) in [7, 11) is 1.55. The third-order valence-corrected chi connectivity index (χ3v) is 4.11. The van der Waals surface area contributed by atoms with E-state index >= 15 is 0 Å². The van der Waals surface area contributed by atoms with Crippen LogP contribution in [0.25, 0.3) is 0 Å². The number of hydrogen-bond donors (Lipinski definition) is 2. The van der Waals surface area contributed by atoms with Crippen LogP contribution in [0.5, 0.6) is 5.75 Å². The van der Waals surface area contributed by atoms with Gasteiger partial charge in [-0.05, 0) is 30.3 Å². The molecule has 2 aromatic heterocycles. The Kier molecular flexibility index (Phi) is 5.57. The molecule has 138 valence electrons. The van der Waals surface area contributed by atoms with E-state index in [0.717, 1.165) is 4.68 Å². The molecule has 1 aromatic carbocycles. The van der Waals surface area contributed by atoms with Crippen molar-refractivity contribution in [3.63, 3.8) is 0 Å². The summed E-state index contributed by atoms with van der Waals surface area (Å²) < 4.78 is 5.98. The molecule has 0 radical (unpaired) electrons. The van der Waals surface area contributed by atoms with Crippen LogP contribution in [-0.4, -0.2) is 33.7 Å². The lowest BCUT2D eigenvalue weighted by atomic mass is 10.3. The largest absolute Gasteiger partial charge is 0.497 e. The molecule has 0 unspecified atom stereocenters. The Morgan fingerprint density at radius 3 is 2.59 bits per heavy atom. The van der Waals surface area contributed by atoms with Crippen molar-refractivity contribution < 1.29 is 14.3 Å². The third kappa shape index (κ3) is 4.76. The van der Waals surface area contributed by atoms with Gasteiger partial charge in [-0.3, -0.25) is 14.4 Å². The molecule has 0 saturated heterocycles. The summed E-state index contributed by atoms with van der Waals surface area (Å²) in [6.45, 7) is -0.331. The zero-order valence-electron chi connectivity index (χ0n) is 14.2. The second kappa shape index (κ2) is 8.23. The highest BCUT2D eigenvalue weighted by Gasteiger charge is 2.13. The van der Waals surface area contributed by atoms with Gasteiger partial charge in [-0.25, -0.2) is 9.67 Å². The molecule has 0 aliphatic carbocycles. The number of benzene rings is 1. The predicted octanol–water partition coefficient (Wildman–Crippen LogP) is 1.60. The molecule has 27 heavy (non-hydrogen) atoms. The minimum absolute atomic E-state index is 0.00691. The number of ether oxygens (including phenoxy) is 1. The fourth-order valence-electron chi connectivity index (χ4n) is 2.13. The quantitative estimate of drug-likeness (QED) is 0.666. The maximum atomic E-state index is 12.3. The van der Waals surface area contributed by atoms with Gasteiger partial charge in [0.25, 0.3) is 11.5 Å². The Bertz CT molecular complexity index is 999. The number of carbonyl (C=O) groups is 2. The zero-order chi connectivity index (χ0) is 19.2. The van der Waals surface area contributed by atoms with Crippen molar-refractivity contribution in [2.45, 2.75) is 6.54 Å². The highest BCUT2D eigenvalue weighted by atomic mass is 32.1. The molecule has 3 rings (SSSR count). The maximum absolute atomic E-state index is 12.3. The minimum Gasteiger partial charge on any atom is -0.497 e. The molecule has 0 fully saturated rings. The van der Waals surface area contributed by atoms with E-state index in [2.05, 4.69) is 20.7 Å². The summed E-state index contributed by atoms with van der Waals surface area (Å²) in [6, 6.07) is 9.24. The molecular weight excluding hydrogens is 370 g/mol. The van der Waals surface area contributed by atoms with E-state index in [4.69, 9.17) is 4.74 Å². The van der Waals surface area contributed by atoms with E-state index in [1.165, 1.54) is 23.5 Å².